The first-order chi connectivity index (χ1) is 6.60. The molecule has 0 spiro atoms. The zero-order valence-electron chi connectivity index (χ0n) is 9.16. The second kappa shape index (κ2) is 3.54. The highest BCUT2D eigenvalue weighted by molar-refractivity contribution is 5.16. The maximum Gasteiger partial charge on any atom is 0.0718 e. The average molecular weight is 192 g/mol. The van der Waals surface area contributed by atoms with Crippen LogP contribution in [0.3, 0.4) is 0 Å². The largest absolute Gasteiger partial charge is 0.389 e. The Morgan fingerprint density at radius 2 is 2.29 bits per heavy atom. The van der Waals surface area contributed by atoms with E-state index in [0.29, 0.717) is 11.8 Å². The Balaban J connectivity index is 1.92. The van der Waals surface area contributed by atoms with E-state index in [1.54, 1.807) is 0 Å². The number of allylic oxidation sites excluding steroid dienone is 3. The maximum absolute atomic E-state index is 10.4. The summed E-state index contributed by atoms with van der Waals surface area (Å²) in [5.41, 5.74) is 0.970. The summed E-state index contributed by atoms with van der Waals surface area (Å²) in [7, 11) is 0. The summed E-state index contributed by atoms with van der Waals surface area (Å²) in [6, 6.07) is 0. The van der Waals surface area contributed by atoms with Gasteiger partial charge in [-0.25, -0.2) is 0 Å². The number of aliphatic hydroxyl groups is 1. The molecule has 1 saturated carbocycles. The van der Waals surface area contributed by atoms with Crippen LogP contribution in [0, 0.1) is 11.8 Å². The first-order valence-electron chi connectivity index (χ1n) is 5.64. The molecule has 0 radical (unpaired) electrons. The van der Waals surface area contributed by atoms with Crippen molar-refractivity contribution in [3.8, 4) is 0 Å². The Labute approximate surface area is 86.5 Å². The van der Waals surface area contributed by atoms with E-state index in [-0.39, 0.29) is 5.60 Å². The average Bonchev–Trinajstić information content (AvgIpc) is 2.62. The van der Waals surface area contributed by atoms with Crippen LogP contribution in [0.4, 0.5) is 0 Å². The van der Waals surface area contributed by atoms with Crippen LogP contribution in [-0.2, 0) is 0 Å². The van der Waals surface area contributed by atoms with Gasteiger partial charge in [0, 0.05) is 5.92 Å². The zero-order chi connectivity index (χ0) is 10.2. The third-order valence-corrected chi connectivity index (χ3v) is 3.61. The van der Waals surface area contributed by atoms with Crippen molar-refractivity contribution in [2.24, 2.45) is 11.8 Å². The lowest BCUT2D eigenvalue weighted by molar-refractivity contribution is 0.00747. The van der Waals surface area contributed by atoms with Gasteiger partial charge in [0.15, 0.2) is 0 Å². The number of fused-ring (bicyclic) bond motifs is 2. The fourth-order valence-electron chi connectivity index (χ4n) is 2.83. The summed E-state index contributed by atoms with van der Waals surface area (Å²) >= 11 is 0. The van der Waals surface area contributed by atoms with Crippen LogP contribution >= 0.6 is 0 Å². The highest BCUT2D eigenvalue weighted by Crippen LogP contribution is 2.48. The molecule has 0 heterocycles. The molecular weight excluding hydrogens is 172 g/mol. The minimum absolute atomic E-state index is 0.384. The van der Waals surface area contributed by atoms with Crippen LogP contribution in [0.5, 0.6) is 0 Å². The van der Waals surface area contributed by atoms with Crippen molar-refractivity contribution in [2.45, 2.75) is 45.1 Å². The summed E-state index contributed by atoms with van der Waals surface area (Å²) in [6.07, 6.45) is 10.9. The standard InChI is InChI=1S/C13H20O/c1-10(2)4-3-7-13(14)9-11-5-6-12(13)8-11/h4-6,11-12,14H,3,7-9H2,1-2H3. The predicted molar refractivity (Wildman–Crippen MR) is 59.0 cm³/mol. The summed E-state index contributed by atoms with van der Waals surface area (Å²) < 4.78 is 0. The molecule has 2 bridgehead atoms. The van der Waals surface area contributed by atoms with Crippen molar-refractivity contribution < 1.29 is 5.11 Å². The number of rotatable bonds is 3. The molecule has 3 atom stereocenters. The Hall–Kier alpha value is -0.560. The maximum atomic E-state index is 10.4. The van der Waals surface area contributed by atoms with E-state index in [1.807, 2.05) is 0 Å². The van der Waals surface area contributed by atoms with Gasteiger partial charge in [-0.1, -0.05) is 23.8 Å². The summed E-state index contributed by atoms with van der Waals surface area (Å²) in [6.45, 7) is 4.23. The molecule has 78 valence electrons. The smallest absolute Gasteiger partial charge is 0.0718 e. The topological polar surface area (TPSA) is 20.2 Å². The molecule has 2 rings (SSSR count). The molecule has 0 aliphatic heterocycles. The zero-order valence-corrected chi connectivity index (χ0v) is 9.16. The van der Waals surface area contributed by atoms with Crippen molar-refractivity contribution in [3.63, 3.8) is 0 Å². The minimum Gasteiger partial charge on any atom is -0.389 e. The quantitative estimate of drug-likeness (QED) is 0.681. The molecule has 0 amide bonds. The van der Waals surface area contributed by atoms with Gasteiger partial charge in [0.2, 0.25) is 0 Å². The van der Waals surface area contributed by atoms with Crippen molar-refractivity contribution in [1.29, 1.82) is 0 Å². The Kier molecular flexibility index (Phi) is 2.52. The van der Waals surface area contributed by atoms with Crippen LogP contribution in [0.15, 0.2) is 23.8 Å². The van der Waals surface area contributed by atoms with Gasteiger partial charge in [0.05, 0.1) is 5.60 Å². The van der Waals surface area contributed by atoms with Crippen LogP contribution in [0.2, 0.25) is 0 Å². The van der Waals surface area contributed by atoms with Gasteiger partial charge in [-0.3, -0.25) is 0 Å². The third-order valence-electron chi connectivity index (χ3n) is 3.61. The first-order valence-corrected chi connectivity index (χ1v) is 5.64. The van der Waals surface area contributed by atoms with Crippen molar-refractivity contribution in [3.05, 3.63) is 23.8 Å². The van der Waals surface area contributed by atoms with Crippen LogP contribution in [-0.4, -0.2) is 10.7 Å². The molecule has 2 aliphatic rings. The fourth-order valence-corrected chi connectivity index (χ4v) is 2.83. The second-order valence-electron chi connectivity index (χ2n) is 5.12. The van der Waals surface area contributed by atoms with E-state index in [2.05, 4.69) is 32.1 Å². The van der Waals surface area contributed by atoms with E-state index >= 15 is 0 Å². The van der Waals surface area contributed by atoms with E-state index in [0.717, 1.165) is 19.3 Å². The predicted octanol–water partition coefficient (Wildman–Crippen LogP) is 3.06. The van der Waals surface area contributed by atoms with E-state index < -0.39 is 0 Å². The second-order valence-corrected chi connectivity index (χ2v) is 5.12. The molecule has 0 aromatic heterocycles. The van der Waals surface area contributed by atoms with Gasteiger partial charge < -0.3 is 5.11 Å². The van der Waals surface area contributed by atoms with Gasteiger partial charge in [-0.2, -0.15) is 0 Å². The SMILES string of the molecule is CC(C)=CCCC1(O)CC2C=CC1C2. The van der Waals surface area contributed by atoms with Gasteiger partial charge in [-0.05, 0) is 45.4 Å². The molecule has 0 aromatic rings. The Morgan fingerprint density at radius 3 is 2.79 bits per heavy atom. The molecule has 1 nitrogen and oxygen atoms in total. The molecule has 0 saturated heterocycles. The van der Waals surface area contributed by atoms with Gasteiger partial charge in [0.1, 0.15) is 0 Å². The lowest BCUT2D eigenvalue weighted by atomic mass is 9.84. The molecule has 14 heavy (non-hydrogen) atoms. The molecule has 0 aromatic carbocycles. The Morgan fingerprint density at radius 1 is 1.50 bits per heavy atom. The van der Waals surface area contributed by atoms with E-state index in [4.69, 9.17) is 0 Å². The van der Waals surface area contributed by atoms with E-state index in [9.17, 15) is 5.11 Å². The van der Waals surface area contributed by atoms with Gasteiger partial charge >= 0.3 is 0 Å². The highest BCUT2D eigenvalue weighted by atomic mass is 16.3. The third kappa shape index (κ3) is 1.78. The van der Waals surface area contributed by atoms with Crippen LogP contribution in [0.25, 0.3) is 0 Å². The van der Waals surface area contributed by atoms with Crippen LogP contribution in [0.1, 0.15) is 39.5 Å². The lowest BCUT2D eigenvalue weighted by Crippen LogP contribution is -2.33. The Bertz CT molecular complexity index is 273. The molecular formula is C13H20O. The first kappa shape index (κ1) is 9.97. The van der Waals surface area contributed by atoms with E-state index in [1.165, 1.54) is 12.0 Å². The summed E-state index contributed by atoms with van der Waals surface area (Å²) in [5, 5.41) is 10.4. The lowest BCUT2D eigenvalue weighted by Gasteiger charge is -2.29. The molecule has 1 heteroatoms. The molecule has 3 unspecified atom stereocenters. The minimum atomic E-state index is -0.384. The number of hydrogen-bond donors (Lipinski definition) is 1. The molecule has 1 fully saturated rings. The van der Waals surface area contributed by atoms with Gasteiger partial charge in [-0.15, -0.1) is 0 Å². The van der Waals surface area contributed by atoms with Crippen LogP contribution < -0.4 is 0 Å². The summed E-state index contributed by atoms with van der Waals surface area (Å²) in [5.74, 6) is 1.11. The normalized spacial score (nSPS) is 39.1. The fraction of sp³-hybridized carbons (Fsp3) is 0.692. The van der Waals surface area contributed by atoms with Crippen molar-refractivity contribution in [2.75, 3.05) is 0 Å². The highest BCUT2D eigenvalue weighted by Gasteiger charge is 2.46. The molecule has 1 N–H and O–H groups in total. The number of hydrogen-bond acceptors (Lipinski definition) is 1. The summed E-state index contributed by atoms with van der Waals surface area (Å²) in [4.78, 5) is 0. The van der Waals surface area contributed by atoms with Gasteiger partial charge in [0.25, 0.3) is 0 Å². The monoisotopic (exact) mass is 192 g/mol. The van der Waals surface area contributed by atoms with Crippen molar-refractivity contribution in [1.82, 2.24) is 0 Å². The van der Waals surface area contributed by atoms with Crippen molar-refractivity contribution >= 4 is 0 Å². The molecule has 2 aliphatic carbocycles.